The molecular weight excluding hydrogens is 931 g/mol. The van der Waals surface area contributed by atoms with Gasteiger partial charge in [-0.05, 0) is 138 Å². The van der Waals surface area contributed by atoms with E-state index in [1.54, 1.807) is 18.8 Å². The zero-order valence-corrected chi connectivity index (χ0v) is 46.1. The standard InChI is InChI=1S/C62H87N3O3S3/c1-4-7-10-13-16-19-22-44-69-60(57-28-25-41-66-57)63-54-36-31-50(32-37-54)47-52-35-40-56(65-62(59-30-27-43-68-59)71-46-24-21-18-15-12-9-6-3)53(49-52)48-51-33-38-55(39-34-51)64-61(58-29-26-42-67-58)70-45-23-20-17-14-11-8-5-2/h25-43,49,60-65H,4-24,44-48H2,1-3H3. The van der Waals surface area contributed by atoms with Gasteiger partial charge < -0.3 is 29.2 Å². The SMILES string of the molecule is CCCCCCCCCSC(Nc1ccc(Cc2ccc(NC(SCCCCCCCCC)c3ccco3)c(Cc3ccc(NC(SCCCCCCCCC)c4ccco4)cc3)c2)cc1)c1ccco1. The molecular formula is C62H87N3O3S3. The van der Waals surface area contributed by atoms with Gasteiger partial charge in [0.15, 0.2) is 0 Å². The Balaban J connectivity index is 1.12. The molecule has 9 heteroatoms. The van der Waals surface area contributed by atoms with E-state index >= 15 is 0 Å². The van der Waals surface area contributed by atoms with Crippen molar-refractivity contribution in [1.29, 1.82) is 0 Å². The first-order chi connectivity index (χ1) is 35.1. The first-order valence-electron chi connectivity index (χ1n) is 27.7. The summed E-state index contributed by atoms with van der Waals surface area (Å²) in [6.45, 7) is 6.86. The number of hydrogen-bond donors (Lipinski definition) is 3. The van der Waals surface area contributed by atoms with Crippen LogP contribution in [0.2, 0.25) is 0 Å². The molecule has 3 unspecified atom stereocenters. The van der Waals surface area contributed by atoms with Gasteiger partial charge in [0.25, 0.3) is 0 Å². The molecule has 6 aromatic rings. The van der Waals surface area contributed by atoms with Gasteiger partial charge in [0.1, 0.15) is 33.4 Å². The fourth-order valence-electron chi connectivity index (χ4n) is 9.07. The lowest BCUT2D eigenvalue weighted by atomic mass is 9.97. The Morgan fingerprint density at radius 2 is 0.718 bits per heavy atom. The van der Waals surface area contributed by atoms with Crippen LogP contribution in [-0.2, 0) is 12.8 Å². The average Bonchev–Trinajstić information content (AvgIpc) is 4.24. The van der Waals surface area contributed by atoms with E-state index in [1.807, 2.05) is 53.5 Å². The van der Waals surface area contributed by atoms with Gasteiger partial charge in [0, 0.05) is 17.1 Å². The number of furan rings is 3. The van der Waals surface area contributed by atoms with Crippen LogP contribution in [0.4, 0.5) is 17.1 Å². The minimum atomic E-state index is 0.0251. The lowest BCUT2D eigenvalue weighted by molar-refractivity contribution is 0.514. The summed E-state index contributed by atoms with van der Waals surface area (Å²) in [5, 5.41) is 11.7. The van der Waals surface area contributed by atoms with Crippen molar-refractivity contribution in [3.8, 4) is 0 Å². The molecule has 0 bridgehead atoms. The predicted molar refractivity (Wildman–Crippen MR) is 312 cm³/mol. The quantitative estimate of drug-likeness (QED) is 0.0258. The summed E-state index contributed by atoms with van der Waals surface area (Å²) in [5.74, 6) is 6.24. The smallest absolute Gasteiger partial charge is 0.136 e. The fourth-order valence-corrected chi connectivity index (χ4v) is 12.4. The Morgan fingerprint density at radius 1 is 0.366 bits per heavy atom. The maximum Gasteiger partial charge on any atom is 0.136 e. The lowest BCUT2D eigenvalue weighted by Crippen LogP contribution is -2.10. The largest absolute Gasteiger partial charge is 0.466 e. The van der Waals surface area contributed by atoms with E-state index in [9.17, 15) is 0 Å². The topological polar surface area (TPSA) is 75.5 Å². The molecule has 386 valence electrons. The van der Waals surface area contributed by atoms with Crippen LogP contribution in [0.25, 0.3) is 0 Å². The third kappa shape index (κ3) is 21.5. The van der Waals surface area contributed by atoms with Crippen LogP contribution in [0.15, 0.2) is 135 Å². The van der Waals surface area contributed by atoms with Gasteiger partial charge in [-0.3, -0.25) is 0 Å². The molecule has 3 N–H and O–H groups in total. The van der Waals surface area contributed by atoms with Gasteiger partial charge in [-0.1, -0.05) is 173 Å². The number of unbranched alkanes of at least 4 members (excludes halogenated alkanes) is 18. The van der Waals surface area contributed by atoms with Gasteiger partial charge in [0.05, 0.1) is 18.8 Å². The molecule has 0 aliphatic heterocycles. The summed E-state index contributed by atoms with van der Waals surface area (Å²) >= 11 is 5.85. The molecule has 3 heterocycles. The monoisotopic (exact) mass is 1020 g/mol. The van der Waals surface area contributed by atoms with E-state index in [1.165, 1.54) is 157 Å². The second-order valence-electron chi connectivity index (χ2n) is 19.3. The molecule has 6 nitrogen and oxygen atoms in total. The highest BCUT2D eigenvalue weighted by atomic mass is 32.2. The highest BCUT2D eigenvalue weighted by molar-refractivity contribution is 8.00. The van der Waals surface area contributed by atoms with E-state index < -0.39 is 0 Å². The Morgan fingerprint density at radius 3 is 1.10 bits per heavy atom. The van der Waals surface area contributed by atoms with Crippen molar-refractivity contribution in [2.24, 2.45) is 0 Å². The number of rotatable bonds is 40. The van der Waals surface area contributed by atoms with Crippen molar-refractivity contribution in [3.63, 3.8) is 0 Å². The van der Waals surface area contributed by atoms with Crippen molar-refractivity contribution < 1.29 is 13.3 Å². The van der Waals surface area contributed by atoms with E-state index in [2.05, 4.69) is 122 Å². The maximum absolute atomic E-state index is 6.07. The number of thioether (sulfide) groups is 3. The van der Waals surface area contributed by atoms with Crippen molar-refractivity contribution >= 4 is 52.3 Å². The number of anilines is 3. The zero-order chi connectivity index (χ0) is 49.4. The molecule has 0 aliphatic carbocycles. The summed E-state index contributed by atoms with van der Waals surface area (Å²) in [4.78, 5) is 0. The highest BCUT2D eigenvalue weighted by Crippen LogP contribution is 2.36. The molecule has 6 rings (SSSR count). The molecule has 0 amide bonds. The molecule has 71 heavy (non-hydrogen) atoms. The minimum absolute atomic E-state index is 0.0251. The summed E-state index contributed by atoms with van der Waals surface area (Å²) in [7, 11) is 0. The van der Waals surface area contributed by atoms with Crippen LogP contribution >= 0.6 is 35.3 Å². The third-order valence-electron chi connectivity index (χ3n) is 13.3. The molecule has 0 saturated carbocycles. The maximum atomic E-state index is 6.07. The van der Waals surface area contributed by atoms with Crippen molar-refractivity contribution in [2.75, 3.05) is 33.2 Å². The van der Waals surface area contributed by atoms with Gasteiger partial charge in [0.2, 0.25) is 0 Å². The second kappa shape index (κ2) is 34.4. The molecule has 0 saturated heterocycles. The Hall–Kier alpha value is -4.05. The van der Waals surface area contributed by atoms with E-state index in [-0.39, 0.29) is 16.1 Å². The van der Waals surface area contributed by atoms with Crippen molar-refractivity contribution in [2.45, 2.75) is 185 Å². The molecule has 0 fully saturated rings. The van der Waals surface area contributed by atoms with E-state index in [0.717, 1.165) is 64.4 Å². The molecule has 3 aromatic heterocycles. The molecule has 3 aromatic carbocycles. The average molecular weight is 1020 g/mol. The first-order valence-corrected chi connectivity index (χ1v) is 30.8. The molecule has 0 aliphatic rings. The lowest BCUT2D eigenvalue weighted by Gasteiger charge is -2.21. The summed E-state index contributed by atoms with van der Waals surface area (Å²) in [6, 6.07) is 37.4. The Bertz CT molecular complexity index is 2190. The number of nitrogens with one attached hydrogen (secondary N) is 3. The summed E-state index contributed by atoms with van der Waals surface area (Å²) < 4.78 is 17.9. The van der Waals surface area contributed by atoms with Crippen LogP contribution in [0.5, 0.6) is 0 Å². The van der Waals surface area contributed by atoms with Crippen LogP contribution in [-0.4, -0.2) is 17.3 Å². The zero-order valence-electron chi connectivity index (χ0n) is 43.6. The van der Waals surface area contributed by atoms with Crippen LogP contribution < -0.4 is 16.0 Å². The second-order valence-corrected chi connectivity index (χ2v) is 23.0. The number of hydrogen-bond acceptors (Lipinski definition) is 9. The molecule has 3 atom stereocenters. The first kappa shape index (κ1) is 56.2. The predicted octanol–water partition coefficient (Wildman–Crippen LogP) is 20.4. The summed E-state index contributed by atoms with van der Waals surface area (Å²) in [6.07, 6.45) is 34.7. The van der Waals surface area contributed by atoms with Crippen molar-refractivity contribution in [3.05, 3.63) is 161 Å². The summed E-state index contributed by atoms with van der Waals surface area (Å²) in [5.41, 5.74) is 8.52. The van der Waals surface area contributed by atoms with E-state index in [0.29, 0.717) is 0 Å². The van der Waals surface area contributed by atoms with Gasteiger partial charge in [-0.2, -0.15) is 0 Å². The molecule has 0 radical (unpaired) electrons. The van der Waals surface area contributed by atoms with Gasteiger partial charge in [-0.25, -0.2) is 0 Å². The van der Waals surface area contributed by atoms with Crippen LogP contribution in [0, 0.1) is 0 Å². The minimum Gasteiger partial charge on any atom is -0.466 e. The fraction of sp³-hybridized carbons (Fsp3) is 0.516. The van der Waals surface area contributed by atoms with Crippen LogP contribution in [0.1, 0.15) is 211 Å². The van der Waals surface area contributed by atoms with Gasteiger partial charge in [-0.15, -0.1) is 35.3 Å². The normalized spacial score (nSPS) is 12.8. The Labute approximate surface area is 442 Å². The third-order valence-corrected chi connectivity index (χ3v) is 16.9. The van der Waals surface area contributed by atoms with Gasteiger partial charge >= 0.3 is 0 Å². The number of benzene rings is 3. The Kier molecular flexibility index (Phi) is 27.2. The highest BCUT2D eigenvalue weighted by Gasteiger charge is 2.19. The van der Waals surface area contributed by atoms with Crippen molar-refractivity contribution in [1.82, 2.24) is 0 Å². The van der Waals surface area contributed by atoms with E-state index in [4.69, 9.17) is 13.3 Å². The molecule has 0 spiro atoms. The van der Waals surface area contributed by atoms with Crippen LogP contribution in [0.3, 0.4) is 0 Å².